The second kappa shape index (κ2) is 5.02. The Morgan fingerprint density at radius 2 is 1.75 bits per heavy atom. The lowest BCUT2D eigenvalue weighted by molar-refractivity contribution is -0.138. The number of benzene rings is 1. The summed E-state index contributed by atoms with van der Waals surface area (Å²) in [4.78, 5) is 4.50. The SMILES string of the molecule is NC(c1ccccc1C(F)(F)F)C1CN2CCN1CC2. The Kier molecular flexibility index (Phi) is 3.48. The summed E-state index contributed by atoms with van der Waals surface area (Å²) in [6.07, 6.45) is -4.35. The first kappa shape index (κ1) is 13.9. The zero-order chi connectivity index (χ0) is 14.3. The van der Waals surface area contributed by atoms with Gasteiger partial charge in [0.15, 0.2) is 0 Å². The smallest absolute Gasteiger partial charge is 0.323 e. The minimum absolute atomic E-state index is 0.0269. The van der Waals surface area contributed by atoms with Gasteiger partial charge in [0.1, 0.15) is 0 Å². The summed E-state index contributed by atoms with van der Waals surface area (Å²) in [6.45, 7) is 4.53. The highest BCUT2D eigenvalue weighted by atomic mass is 19.4. The lowest BCUT2D eigenvalue weighted by Crippen LogP contribution is -2.63. The van der Waals surface area contributed by atoms with Crippen molar-refractivity contribution in [2.45, 2.75) is 18.3 Å². The fourth-order valence-electron chi connectivity index (χ4n) is 3.25. The summed E-state index contributed by atoms with van der Waals surface area (Å²) in [5.74, 6) is 0. The maximum atomic E-state index is 13.1. The number of hydrogen-bond donors (Lipinski definition) is 1. The molecule has 0 spiro atoms. The van der Waals surface area contributed by atoms with Crippen molar-refractivity contribution in [3.05, 3.63) is 35.4 Å². The summed E-state index contributed by atoms with van der Waals surface area (Å²) < 4.78 is 39.3. The van der Waals surface area contributed by atoms with E-state index in [0.717, 1.165) is 38.8 Å². The lowest BCUT2D eigenvalue weighted by atomic mass is 9.91. The van der Waals surface area contributed by atoms with Gasteiger partial charge in [-0.3, -0.25) is 9.80 Å². The predicted molar refractivity (Wildman–Crippen MR) is 70.2 cm³/mol. The van der Waals surface area contributed by atoms with Gasteiger partial charge < -0.3 is 5.73 Å². The third-order valence-corrected chi connectivity index (χ3v) is 4.36. The highest BCUT2D eigenvalue weighted by molar-refractivity contribution is 5.33. The van der Waals surface area contributed by atoms with Gasteiger partial charge in [0.2, 0.25) is 0 Å². The zero-order valence-corrected chi connectivity index (χ0v) is 11.1. The van der Waals surface area contributed by atoms with Crippen molar-refractivity contribution in [2.24, 2.45) is 5.73 Å². The van der Waals surface area contributed by atoms with Crippen LogP contribution in [-0.4, -0.2) is 48.6 Å². The van der Waals surface area contributed by atoms with Crippen LogP contribution < -0.4 is 5.73 Å². The third-order valence-electron chi connectivity index (χ3n) is 4.36. The van der Waals surface area contributed by atoms with E-state index < -0.39 is 17.8 Å². The molecule has 1 aromatic carbocycles. The van der Waals surface area contributed by atoms with Crippen molar-refractivity contribution < 1.29 is 13.2 Å². The van der Waals surface area contributed by atoms with E-state index in [2.05, 4.69) is 9.80 Å². The topological polar surface area (TPSA) is 32.5 Å². The molecule has 4 rings (SSSR count). The average molecular weight is 285 g/mol. The van der Waals surface area contributed by atoms with Crippen LogP contribution in [0, 0.1) is 0 Å². The highest BCUT2D eigenvalue weighted by Crippen LogP contribution is 2.36. The molecule has 0 radical (unpaired) electrons. The van der Waals surface area contributed by atoms with Gasteiger partial charge in [-0.2, -0.15) is 13.2 Å². The molecule has 0 amide bonds. The van der Waals surface area contributed by atoms with Crippen molar-refractivity contribution in [1.29, 1.82) is 0 Å². The van der Waals surface area contributed by atoms with E-state index in [4.69, 9.17) is 5.73 Å². The Balaban J connectivity index is 1.89. The molecule has 0 aliphatic carbocycles. The molecule has 110 valence electrons. The van der Waals surface area contributed by atoms with Gasteiger partial charge in [-0.05, 0) is 11.6 Å². The van der Waals surface area contributed by atoms with Crippen LogP contribution in [-0.2, 0) is 6.18 Å². The van der Waals surface area contributed by atoms with E-state index in [9.17, 15) is 13.2 Å². The van der Waals surface area contributed by atoms with Crippen LogP contribution in [0.15, 0.2) is 24.3 Å². The van der Waals surface area contributed by atoms with E-state index in [1.54, 1.807) is 6.07 Å². The summed E-state index contributed by atoms with van der Waals surface area (Å²) >= 11 is 0. The second-order valence-corrected chi connectivity index (χ2v) is 5.51. The van der Waals surface area contributed by atoms with E-state index in [1.807, 2.05) is 0 Å². The molecule has 0 aromatic heterocycles. The second-order valence-electron chi connectivity index (χ2n) is 5.51. The van der Waals surface area contributed by atoms with E-state index in [1.165, 1.54) is 12.1 Å². The quantitative estimate of drug-likeness (QED) is 0.898. The summed E-state index contributed by atoms with van der Waals surface area (Å²) in [6, 6.07) is 5.03. The molecule has 0 saturated carbocycles. The lowest BCUT2D eigenvalue weighted by Gasteiger charge is -2.49. The van der Waals surface area contributed by atoms with Crippen LogP contribution in [0.5, 0.6) is 0 Å². The number of halogens is 3. The Hall–Kier alpha value is -1.11. The summed E-state index contributed by atoms with van der Waals surface area (Å²) in [5.41, 5.74) is 5.79. The molecule has 6 heteroatoms. The maximum Gasteiger partial charge on any atom is 0.416 e. The van der Waals surface area contributed by atoms with Crippen molar-refractivity contribution in [3.8, 4) is 0 Å². The fraction of sp³-hybridized carbons (Fsp3) is 0.571. The Morgan fingerprint density at radius 3 is 2.30 bits per heavy atom. The molecule has 3 aliphatic rings. The normalized spacial score (nSPS) is 31.3. The first-order valence-corrected chi connectivity index (χ1v) is 6.85. The number of piperazine rings is 3. The predicted octanol–water partition coefficient (Wildman–Crippen LogP) is 1.71. The molecule has 2 N–H and O–H groups in total. The Morgan fingerprint density at radius 1 is 1.10 bits per heavy atom. The number of nitrogens with zero attached hydrogens (tertiary/aromatic N) is 2. The number of hydrogen-bond acceptors (Lipinski definition) is 3. The van der Waals surface area contributed by atoms with Gasteiger partial charge in [-0.1, -0.05) is 18.2 Å². The third kappa shape index (κ3) is 2.43. The van der Waals surface area contributed by atoms with Gasteiger partial charge in [0.05, 0.1) is 5.56 Å². The molecule has 2 atom stereocenters. The minimum Gasteiger partial charge on any atom is -0.323 e. The first-order valence-electron chi connectivity index (χ1n) is 6.85. The molecular formula is C14H18F3N3. The van der Waals surface area contributed by atoms with Crippen LogP contribution >= 0.6 is 0 Å². The number of fused-ring (bicyclic) bond motifs is 3. The number of rotatable bonds is 2. The van der Waals surface area contributed by atoms with Crippen LogP contribution in [0.3, 0.4) is 0 Å². The van der Waals surface area contributed by atoms with Gasteiger partial charge >= 0.3 is 6.18 Å². The Bertz CT molecular complexity index is 481. The van der Waals surface area contributed by atoms with E-state index in [0.29, 0.717) is 0 Å². The molecule has 3 saturated heterocycles. The van der Waals surface area contributed by atoms with Crippen molar-refractivity contribution in [1.82, 2.24) is 9.80 Å². The van der Waals surface area contributed by atoms with Crippen LogP contribution in [0.1, 0.15) is 17.2 Å². The number of nitrogens with two attached hydrogens (primary N) is 1. The van der Waals surface area contributed by atoms with Crippen molar-refractivity contribution in [2.75, 3.05) is 32.7 Å². The Labute approximate surface area is 116 Å². The van der Waals surface area contributed by atoms with Gasteiger partial charge in [0, 0.05) is 44.8 Å². The minimum atomic E-state index is -4.35. The monoisotopic (exact) mass is 285 g/mol. The molecule has 20 heavy (non-hydrogen) atoms. The molecule has 1 aromatic rings. The molecular weight excluding hydrogens is 267 g/mol. The van der Waals surface area contributed by atoms with Gasteiger partial charge in [-0.25, -0.2) is 0 Å². The van der Waals surface area contributed by atoms with Crippen LogP contribution in [0.4, 0.5) is 13.2 Å². The van der Waals surface area contributed by atoms with Gasteiger partial charge in [-0.15, -0.1) is 0 Å². The summed E-state index contributed by atoms with van der Waals surface area (Å²) in [5, 5.41) is 0. The maximum absolute atomic E-state index is 13.1. The highest BCUT2D eigenvalue weighted by Gasteiger charge is 2.40. The molecule has 3 aliphatic heterocycles. The fourth-order valence-corrected chi connectivity index (χ4v) is 3.25. The zero-order valence-electron chi connectivity index (χ0n) is 11.1. The molecule has 2 bridgehead atoms. The standard InChI is InChI=1S/C14H18F3N3/c15-14(16,17)11-4-2-1-3-10(11)13(18)12-9-19-5-7-20(12)8-6-19/h1-4,12-13H,5-9,18H2. The van der Waals surface area contributed by atoms with E-state index >= 15 is 0 Å². The molecule has 3 fully saturated rings. The summed E-state index contributed by atoms with van der Waals surface area (Å²) in [7, 11) is 0. The largest absolute Gasteiger partial charge is 0.416 e. The van der Waals surface area contributed by atoms with Crippen LogP contribution in [0.2, 0.25) is 0 Å². The van der Waals surface area contributed by atoms with E-state index in [-0.39, 0.29) is 11.6 Å². The average Bonchev–Trinajstić information content (AvgIpc) is 2.47. The van der Waals surface area contributed by atoms with Gasteiger partial charge in [0.25, 0.3) is 0 Å². The van der Waals surface area contributed by atoms with Crippen molar-refractivity contribution >= 4 is 0 Å². The van der Waals surface area contributed by atoms with Crippen molar-refractivity contribution in [3.63, 3.8) is 0 Å². The molecule has 3 nitrogen and oxygen atoms in total. The van der Waals surface area contributed by atoms with Crippen LogP contribution in [0.25, 0.3) is 0 Å². The molecule has 2 unspecified atom stereocenters. The number of alkyl halides is 3. The molecule has 3 heterocycles. The first-order chi connectivity index (χ1) is 9.47.